The summed E-state index contributed by atoms with van der Waals surface area (Å²) in [6, 6.07) is 2.64. The third-order valence-electron chi connectivity index (χ3n) is 3.05. The third-order valence-corrected chi connectivity index (χ3v) is 3.05. The molecule has 4 unspecified atom stereocenters. The highest BCUT2D eigenvalue weighted by molar-refractivity contribution is 5.09. The summed E-state index contributed by atoms with van der Waals surface area (Å²) in [4.78, 5) is 0. The predicted octanol–water partition coefficient (Wildman–Crippen LogP) is 0.883. The second-order valence-corrected chi connectivity index (χ2v) is 3.51. The van der Waals surface area contributed by atoms with Gasteiger partial charge in [0, 0.05) is 12.5 Å². The van der Waals surface area contributed by atoms with Gasteiger partial charge in [0.05, 0.1) is 6.07 Å². The van der Waals surface area contributed by atoms with Crippen LogP contribution in [-0.2, 0) is 0 Å². The standard InChI is InChI=1S/C8H12N2/c9-4-3-6-5-1-2-7(10)8(5)6/h5-8H,1-3,10H2. The van der Waals surface area contributed by atoms with Crippen molar-refractivity contribution in [3.63, 3.8) is 0 Å². The molecule has 2 N–H and O–H groups in total. The van der Waals surface area contributed by atoms with Crippen LogP contribution < -0.4 is 5.73 Å². The summed E-state index contributed by atoms with van der Waals surface area (Å²) in [5.41, 5.74) is 5.83. The molecule has 4 atom stereocenters. The van der Waals surface area contributed by atoms with E-state index in [1.807, 2.05) is 0 Å². The van der Waals surface area contributed by atoms with Crippen LogP contribution in [0.2, 0.25) is 0 Å². The lowest BCUT2D eigenvalue weighted by Gasteiger charge is -2.04. The average Bonchev–Trinajstić information content (AvgIpc) is 2.45. The first-order valence-corrected chi connectivity index (χ1v) is 3.97. The summed E-state index contributed by atoms with van der Waals surface area (Å²) in [7, 11) is 0. The van der Waals surface area contributed by atoms with E-state index in [0.29, 0.717) is 12.0 Å². The molecule has 0 bridgehead atoms. The number of rotatable bonds is 1. The predicted molar refractivity (Wildman–Crippen MR) is 37.9 cm³/mol. The van der Waals surface area contributed by atoms with Crippen LogP contribution in [-0.4, -0.2) is 6.04 Å². The van der Waals surface area contributed by atoms with Gasteiger partial charge in [0.2, 0.25) is 0 Å². The van der Waals surface area contributed by atoms with Crippen molar-refractivity contribution in [3.05, 3.63) is 0 Å². The maximum Gasteiger partial charge on any atom is 0.0624 e. The summed E-state index contributed by atoms with van der Waals surface area (Å²) < 4.78 is 0. The molecule has 0 heterocycles. The monoisotopic (exact) mass is 136 g/mol. The lowest BCUT2D eigenvalue weighted by atomic mass is 10.1. The van der Waals surface area contributed by atoms with Gasteiger partial charge in [-0.1, -0.05) is 0 Å². The van der Waals surface area contributed by atoms with Gasteiger partial charge < -0.3 is 5.73 Å². The van der Waals surface area contributed by atoms with Crippen molar-refractivity contribution in [1.82, 2.24) is 0 Å². The Hall–Kier alpha value is -0.550. The minimum Gasteiger partial charge on any atom is -0.327 e. The highest BCUT2D eigenvalue weighted by Gasteiger charge is 2.56. The van der Waals surface area contributed by atoms with Crippen LogP contribution in [0.3, 0.4) is 0 Å². The molecule has 0 spiro atoms. The van der Waals surface area contributed by atoms with Gasteiger partial charge in [-0.15, -0.1) is 0 Å². The second-order valence-electron chi connectivity index (χ2n) is 3.51. The molecular formula is C8H12N2. The highest BCUT2D eigenvalue weighted by atomic mass is 14.8. The number of hydrogen-bond donors (Lipinski definition) is 1. The lowest BCUT2D eigenvalue weighted by molar-refractivity contribution is 0.533. The summed E-state index contributed by atoms with van der Waals surface area (Å²) in [6.45, 7) is 0. The van der Waals surface area contributed by atoms with E-state index in [4.69, 9.17) is 11.0 Å². The molecule has 2 heteroatoms. The number of nitrogens with two attached hydrogens (primary N) is 1. The van der Waals surface area contributed by atoms with Gasteiger partial charge in [0.25, 0.3) is 0 Å². The summed E-state index contributed by atoms with van der Waals surface area (Å²) in [5.74, 6) is 2.23. The molecule has 0 aromatic rings. The zero-order valence-corrected chi connectivity index (χ0v) is 5.96. The van der Waals surface area contributed by atoms with E-state index >= 15 is 0 Å². The van der Waals surface area contributed by atoms with Gasteiger partial charge in [-0.3, -0.25) is 0 Å². The molecule has 10 heavy (non-hydrogen) atoms. The molecule has 0 aromatic heterocycles. The van der Waals surface area contributed by atoms with Crippen LogP contribution >= 0.6 is 0 Å². The van der Waals surface area contributed by atoms with Crippen LogP contribution in [0.5, 0.6) is 0 Å². The van der Waals surface area contributed by atoms with E-state index in [2.05, 4.69) is 6.07 Å². The Bertz CT molecular complexity index is 182. The van der Waals surface area contributed by atoms with E-state index in [9.17, 15) is 0 Å². The van der Waals surface area contributed by atoms with Gasteiger partial charge >= 0.3 is 0 Å². The van der Waals surface area contributed by atoms with Crippen molar-refractivity contribution >= 4 is 0 Å². The van der Waals surface area contributed by atoms with Crippen LogP contribution in [0.15, 0.2) is 0 Å². The first-order chi connectivity index (χ1) is 4.84. The molecule has 0 amide bonds. The molecule has 2 saturated carbocycles. The molecule has 0 aromatic carbocycles. The van der Waals surface area contributed by atoms with Crippen molar-refractivity contribution in [1.29, 1.82) is 5.26 Å². The zero-order chi connectivity index (χ0) is 7.14. The molecule has 54 valence electrons. The molecule has 0 aliphatic heterocycles. The fraction of sp³-hybridized carbons (Fsp3) is 0.875. The average molecular weight is 136 g/mol. The van der Waals surface area contributed by atoms with E-state index in [1.54, 1.807) is 0 Å². The second kappa shape index (κ2) is 1.96. The Morgan fingerprint density at radius 3 is 2.80 bits per heavy atom. The van der Waals surface area contributed by atoms with E-state index in [0.717, 1.165) is 18.3 Å². The fourth-order valence-electron chi connectivity index (χ4n) is 2.49. The molecule has 2 nitrogen and oxygen atoms in total. The van der Waals surface area contributed by atoms with Gasteiger partial charge in [-0.05, 0) is 30.6 Å². The molecular weight excluding hydrogens is 124 g/mol. The van der Waals surface area contributed by atoms with Crippen LogP contribution in [0.1, 0.15) is 19.3 Å². The molecule has 2 aliphatic rings. The first kappa shape index (κ1) is 6.18. The topological polar surface area (TPSA) is 49.8 Å². The van der Waals surface area contributed by atoms with Crippen molar-refractivity contribution < 1.29 is 0 Å². The Morgan fingerprint density at radius 2 is 2.30 bits per heavy atom. The molecule has 0 radical (unpaired) electrons. The van der Waals surface area contributed by atoms with E-state index in [-0.39, 0.29) is 0 Å². The number of hydrogen-bond acceptors (Lipinski definition) is 2. The Balaban J connectivity index is 1.94. The lowest BCUT2D eigenvalue weighted by Crippen LogP contribution is -2.20. The molecule has 2 aliphatic carbocycles. The maximum absolute atomic E-state index is 8.43. The van der Waals surface area contributed by atoms with Crippen LogP contribution in [0.4, 0.5) is 0 Å². The van der Waals surface area contributed by atoms with Crippen molar-refractivity contribution in [2.24, 2.45) is 23.5 Å². The normalized spacial score (nSPS) is 50.0. The van der Waals surface area contributed by atoms with Gasteiger partial charge in [-0.25, -0.2) is 0 Å². The van der Waals surface area contributed by atoms with Gasteiger partial charge in [0.15, 0.2) is 0 Å². The van der Waals surface area contributed by atoms with E-state index in [1.165, 1.54) is 12.8 Å². The van der Waals surface area contributed by atoms with Crippen molar-refractivity contribution in [3.8, 4) is 6.07 Å². The van der Waals surface area contributed by atoms with Crippen LogP contribution in [0.25, 0.3) is 0 Å². The largest absolute Gasteiger partial charge is 0.327 e. The number of fused-ring (bicyclic) bond motifs is 1. The number of nitriles is 1. The Morgan fingerprint density at radius 1 is 1.50 bits per heavy atom. The van der Waals surface area contributed by atoms with E-state index < -0.39 is 0 Å². The maximum atomic E-state index is 8.43. The number of nitrogens with zero attached hydrogens (tertiary/aromatic N) is 1. The zero-order valence-electron chi connectivity index (χ0n) is 5.96. The first-order valence-electron chi connectivity index (χ1n) is 3.97. The third kappa shape index (κ3) is 0.674. The minimum atomic E-state index is 0.420. The molecule has 0 saturated heterocycles. The van der Waals surface area contributed by atoms with Crippen LogP contribution in [0, 0.1) is 29.1 Å². The highest BCUT2D eigenvalue weighted by Crippen LogP contribution is 2.58. The smallest absolute Gasteiger partial charge is 0.0624 e. The minimum absolute atomic E-state index is 0.420. The Labute approximate surface area is 61.0 Å². The summed E-state index contributed by atoms with van der Waals surface area (Å²) in [5, 5.41) is 8.43. The summed E-state index contributed by atoms with van der Waals surface area (Å²) in [6.07, 6.45) is 3.21. The van der Waals surface area contributed by atoms with Crippen molar-refractivity contribution in [2.45, 2.75) is 25.3 Å². The Kier molecular flexibility index (Phi) is 1.21. The summed E-state index contributed by atoms with van der Waals surface area (Å²) >= 11 is 0. The SMILES string of the molecule is N#CCC1C2CCC(N)C12. The van der Waals surface area contributed by atoms with Gasteiger partial charge in [-0.2, -0.15) is 5.26 Å². The fourth-order valence-corrected chi connectivity index (χ4v) is 2.49. The molecule has 2 rings (SSSR count). The van der Waals surface area contributed by atoms with Gasteiger partial charge in [0.1, 0.15) is 0 Å². The quantitative estimate of drug-likeness (QED) is 0.581. The molecule has 2 fully saturated rings. The van der Waals surface area contributed by atoms with Crippen molar-refractivity contribution in [2.75, 3.05) is 0 Å².